The molecule has 1 unspecified atom stereocenters. The number of hydrogen-bond acceptors (Lipinski definition) is 6. The van der Waals surface area contributed by atoms with Crippen LogP contribution in [-0.4, -0.2) is 37.8 Å². The normalized spacial score (nSPS) is 12.3. The summed E-state index contributed by atoms with van der Waals surface area (Å²) in [6.45, 7) is 5.25. The Morgan fingerprint density at radius 1 is 0.875 bits per heavy atom. The van der Waals surface area contributed by atoms with Crippen molar-refractivity contribution in [3.8, 4) is 28.5 Å². The summed E-state index contributed by atoms with van der Waals surface area (Å²) in [5.41, 5.74) is 2.79. The summed E-state index contributed by atoms with van der Waals surface area (Å²) in [6.07, 6.45) is 17.9. The molecule has 0 amide bonds. The van der Waals surface area contributed by atoms with Crippen LogP contribution in [0.5, 0.6) is 5.75 Å². The first-order valence-electron chi connectivity index (χ1n) is 11.4. The molecule has 0 aliphatic rings. The van der Waals surface area contributed by atoms with Gasteiger partial charge in [0, 0.05) is 35.7 Å². The lowest BCUT2D eigenvalue weighted by Crippen LogP contribution is -2.08. The molecule has 2 aromatic heterocycles. The monoisotopic (exact) mass is 432 g/mol. The smallest absolute Gasteiger partial charge is 0.159 e. The quantitative estimate of drug-likeness (QED) is 0.349. The maximum atomic E-state index is 9.31. The van der Waals surface area contributed by atoms with Crippen LogP contribution in [0.3, 0.4) is 0 Å². The molecule has 0 saturated carbocycles. The van der Waals surface area contributed by atoms with Crippen LogP contribution in [0, 0.1) is 0 Å². The zero-order valence-electron chi connectivity index (χ0n) is 18.9. The van der Waals surface area contributed by atoms with Crippen LogP contribution in [0.25, 0.3) is 28.9 Å². The van der Waals surface area contributed by atoms with Gasteiger partial charge in [0.15, 0.2) is 17.4 Å². The van der Waals surface area contributed by atoms with E-state index < -0.39 is 0 Å². The molecule has 6 nitrogen and oxygen atoms in total. The number of nitrogens with zero attached hydrogens (tertiary/aromatic N) is 4. The Balaban J connectivity index is 1.45. The van der Waals surface area contributed by atoms with E-state index in [-0.39, 0.29) is 5.75 Å². The molecule has 32 heavy (non-hydrogen) atoms. The molecule has 168 valence electrons. The number of aromatic hydroxyl groups is 1. The second kappa shape index (κ2) is 12.7. The topological polar surface area (TPSA) is 81.0 Å². The van der Waals surface area contributed by atoms with Crippen molar-refractivity contribution in [2.24, 2.45) is 0 Å². The Morgan fingerprint density at radius 2 is 1.47 bits per heavy atom. The van der Waals surface area contributed by atoms with Gasteiger partial charge in [0.1, 0.15) is 0 Å². The van der Waals surface area contributed by atoms with Gasteiger partial charge in [-0.05, 0) is 32.6 Å². The molecule has 0 radical (unpaired) electrons. The third kappa shape index (κ3) is 7.54. The lowest BCUT2D eigenvalue weighted by molar-refractivity contribution is 0.0566. The summed E-state index contributed by atoms with van der Waals surface area (Å²) in [5.74, 6) is 1.29. The Hall–Kier alpha value is -3.12. The summed E-state index contributed by atoms with van der Waals surface area (Å²) >= 11 is 0. The fourth-order valence-electron chi connectivity index (χ4n) is 3.27. The highest BCUT2D eigenvalue weighted by atomic mass is 16.5. The third-order valence-electron chi connectivity index (χ3n) is 5.15. The number of rotatable bonds is 12. The zero-order valence-corrected chi connectivity index (χ0v) is 18.9. The van der Waals surface area contributed by atoms with Gasteiger partial charge >= 0.3 is 0 Å². The lowest BCUT2D eigenvalue weighted by Gasteiger charge is -2.11. The highest BCUT2D eigenvalue weighted by Crippen LogP contribution is 2.21. The van der Waals surface area contributed by atoms with E-state index in [0.29, 0.717) is 17.8 Å². The maximum Gasteiger partial charge on any atom is 0.159 e. The first-order chi connectivity index (χ1) is 15.7. The molecular formula is C26H32N4O2. The minimum Gasteiger partial charge on any atom is -0.505 e. The van der Waals surface area contributed by atoms with E-state index in [9.17, 15) is 5.11 Å². The molecule has 0 saturated heterocycles. The van der Waals surface area contributed by atoms with Crippen molar-refractivity contribution >= 4 is 6.08 Å². The first-order valence-corrected chi connectivity index (χ1v) is 11.4. The Morgan fingerprint density at radius 3 is 2.06 bits per heavy atom. The molecule has 1 aromatic carbocycles. The van der Waals surface area contributed by atoms with Crippen LogP contribution in [0.2, 0.25) is 0 Å². The van der Waals surface area contributed by atoms with Gasteiger partial charge in [-0.1, -0.05) is 56.2 Å². The number of hydrogen-bond donors (Lipinski definition) is 1. The van der Waals surface area contributed by atoms with E-state index in [0.717, 1.165) is 49.0 Å². The van der Waals surface area contributed by atoms with Crippen LogP contribution in [0.1, 0.15) is 57.9 Å². The van der Waals surface area contributed by atoms with Crippen LogP contribution >= 0.6 is 0 Å². The highest BCUT2D eigenvalue weighted by Gasteiger charge is 2.05. The lowest BCUT2D eigenvalue weighted by atomic mass is 10.1. The van der Waals surface area contributed by atoms with Gasteiger partial charge in [-0.3, -0.25) is 0 Å². The molecule has 0 bridgehead atoms. The SMILES string of the molecule is CCCCCOC(C)CCCC=Cc1cnc(-c2ccc(-c3ncc(O)cn3)cc2)nc1. The van der Waals surface area contributed by atoms with Gasteiger partial charge in [0.05, 0.1) is 18.5 Å². The van der Waals surface area contributed by atoms with Gasteiger partial charge < -0.3 is 9.84 Å². The molecule has 1 N–H and O–H groups in total. The first kappa shape index (κ1) is 23.5. The largest absolute Gasteiger partial charge is 0.505 e. The highest BCUT2D eigenvalue weighted by molar-refractivity contribution is 5.63. The van der Waals surface area contributed by atoms with Crippen molar-refractivity contribution in [3.63, 3.8) is 0 Å². The van der Waals surface area contributed by atoms with E-state index in [1.807, 2.05) is 36.7 Å². The standard InChI is InChI=1S/C26H32N4O2/c1-3-4-8-15-32-20(2)9-6-5-7-10-21-16-27-25(28-17-21)22-11-13-23(14-12-22)26-29-18-24(31)19-30-26/h7,10-14,16-20,31H,3-6,8-9,15H2,1-2H3. The summed E-state index contributed by atoms with van der Waals surface area (Å²) in [5, 5.41) is 9.31. The Kier molecular flexibility index (Phi) is 9.32. The molecule has 3 rings (SSSR count). The van der Waals surface area contributed by atoms with Gasteiger partial charge in [-0.25, -0.2) is 19.9 Å². The average molecular weight is 433 g/mol. The van der Waals surface area contributed by atoms with Crippen LogP contribution in [0.15, 0.2) is 55.1 Å². The predicted octanol–water partition coefficient (Wildman–Crippen LogP) is 6.09. The second-order valence-corrected chi connectivity index (χ2v) is 7.90. The molecule has 3 aromatic rings. The van der Waals surface area contributed by atoms with Gasteiger partial charge in [-0.2, -0.15) is 0 Å². The molecular weight excluding hydrogens is 400 g/mol. The third-order valence-corrected chi connectivity index (χ3v) is 5.15. The van der Waals surface area contributed by atoms with Crippen LogP contribution in [0.4, 0.5) is 0 Å². The van der Waals surface area contributed by atoms with Gasteiger partial charge in [0.2, 0.25) is 0 Å². The predicted molar refractivity (Wildman–Crippen MR) is 128 cm³/mol. The Labute approximate surface area is 190 Å². The minimum atomic E-state index is 0.0503. The fourth-order valence-corrected chi connectivity index (χ4v) is 3.27. The van der Waals surface area contributed by atoms with Gasteiger partial charge in [0.25, 0.3) is 0 Å². The number of allylic oxidation sites excluding steroid dienone is 1. The minimum absolute atomic E-state index is 0.0503. The molecule has 1 atom stereocenters. The molecule has 0 spiro atoms. The van der Waals surface area contributed by atoms with E-state index in [1.165, 1.54) is 25.2 Å². The van der Waals surface area contributed by atoms with Crippen molar-refractivity contribution in [1.82, 2.24) is 19.9 Å². The number of benzene rings is 1. The Bertz CT molecular complexity index is 955. The molecule has 6 heteroatoms. The molecule has 0 aliphatic carbocycles. The van der Waals surface area contributed by atoms with Crippen molar-refractivity contribution in [1.29, 1.82) is 0 Å². The van der Waals surface area contributed by atoms with Crippen LogP contribution in [-0.2, 0) is 4.74 Å². The molecule has 0 aliphatic heterocycles. The summed E-state index contributed by atoms with van der Waals surface area (Å²) < 4.78 is 5.84. The fraction of sp³-hybridized carbons (Fsp3) is 0.385. The van der Waals surface area contributed by atoms with E-state index in [2.05, 4.69) is 45.9 Å². The van der Waals surface area contributed by atoms with Crippen molar-refractivity contribution < 1.29 is 9.84 Å². The summed E-state index contributed by atoms with van der Waals surface area (Å²) in [4.78, 5) is 17.2. The molecule has 0 fully saturated rings. The molecule has 2 heterocycles. The number of unbranched alkanes of at least 4 members (excludes halogenated alkanes) is 3. The van der Waals surface area contributed by atoms with Gasteiger partial charge in [-0.15, -0.1) is 0 Å². The summed E-state index contributed by atoms with van der Waals surface area (Å²) in [7, 11) is 0. The zero-order chi connectivity index (χ0) is 22.6. The second-order valence-electron chi connectivity index (χ2n) is 7.90. The number of aromatic nitrogens is 4. The number of ether oxygens (including phenoxy) is 1. The van der Waals surface area contributed by atoms with Crippen LogP contribution < -0.4 is 0 Å². The van der Waals surface area contributed by atoms with E-state index in [4.69, 9.17) is 4.74 Å². The van der Waals surface area contributed by atoms with Crippen molar-refractivity contribution in [3.05, 3.63) is 60.7 Å². The average Bonchev–Trinajstić information content (AvgIpc) is 2.83. The van der Waals surface area contributed by atoms with Crippen molar-refractivity contribution in [2.75, 3.05) is 6.61 Å². The van der Waals surface area contributed by atoms with E-state index in [1.54, 1.807) is 0 Å². The van der Waals surface area contributed by atoms with Crippen molar-refractivity contribution in [2.45, 2.75) is 58.5 Å². The maximum absolute atomic E-state index is 9.31. The van der Waals surface area contributed by atoms with E-state index >= 15 is 0 Å². The summed E-state index contributed by atoms with van der Waals surface area (Å²) in [6, 6.07) is 7.74.